The van der Waals surface area contributed by atoms with Gasteiger partial charge in [0.25, 0.3) is 0 Å². The van der Waals surface area contributed by atoms with Crippen molar-refractivity contribution in [3.05, 3.63) is 28.8 Å². The summed E-state index contributed by atoms with van der Waals surface area (Å²) in [6, 6.07) is 3.89. The molecule has 1 amide bonds. The van der Waals surface area contributed by atoms with Gasteiger partial charge < -0.3 is 10.8 Å². The van der Waals surface area contributed by atoms with Crippen molar-refractivity contribution >= 4 is 39.4 Å². The first-order valence-corrected chi connectivity index (χ1v) is 7.50. The van der Waals surface area contributed by atoms with Gasteiger partial charge in [-0.2, -0.15) is 12.7 Å². The van der Waals surface area contributed by atoms with Crippen LogP contribution in [0.1, 0.15) is 16.8 Å². The van der Waals surface area contributed by atoms with E-state index in [9.17, 15) is 18.0 Å². The van der Waals surface area contributed by atoms with E-state index in [-0.39, 0.29) is 29.2 Å². The summed E-state index contributed by atoms with van der Waals surface area (Å²) in [5, 5.41) is 8.64. The van der Waals surface area contributed by atoms with E-state index in [1.54, 1.807) is 0 Å². The number of carbonyl (C=O) groups excluding carboxylic acids is 1. The van der Waals surface area contributed by atoms with Crippen molar-refractivity contribution in [3.8, 4) is 0 Å². The number of rotatable bonds is 7. The summed E-state index contributed by atoms with van der Waals surface area (Å²) in [5.41, 5.74) is 5.18. The molecule has 0 aliphatic rings. The highest BCUT2D eigenvalue weighted by Crippen LogP contribution is 2.21. The Kier molecular flexibility index (Phi) is 5.53. The third kappa shape index (κ3) is 4.88. The molecule has 0 atom stereocenters. The van der Waals surface area contributed by atoms with Crippen LogP contribution in [0.2, 0.25) is 5.02 Å². The van der Waals surface area contributed by atoms with Crippen molar-refractivity contribution in [1.29, 1.82) is 0 Å². The van der Waals surface area contributed by atoms with Crippen LogP contribution in [-0.4, -0.2) is 43.3 Å². The third-order valence-electron chi connectivity index (χ3n) is 2.53. The van der Waals surface area contributed by atoms with Crippen LogP contribution in [0.25, 0.3) is 0 Å². The standard InChI is InChI=1S/C11H14ClN3O5S/c1-15(5-4-10(16)17)21(19,20)14-7-2-3-9(12)8(6-7)11(13)18/h2-3,6,14H,4-5H2,1H3,(H2,13,18)(H,16,17). The first kappa shape index (κ1) is 17.2. The molecule has 0 aliphatic heterocycles. The number of hydrogen-bond acceptors (Lipinski definition) is 4. The molecule has 0 aromatic heterocycles. The van der Waals surface area contributed by atoms with Gasteiger partial charge in [0.1, 0.15) is 0 Å². The van der Waals surface area contributed by atoms with E-state index >= 15 is 0 Å². The maximum atomic E-state index is 12.0. The molecule has 0 fully saturated rings. The van der Waals surface area contributed by atoms with Crippen molar-refractivity contribution in [2.45, 2.75) is 6.42 Å². The molecule has 0 heterocycles. The zero-order valence-corrected chi connectivity index (χ0v) is 12.6. The fourth-order valence-electron chi connectivity index (χ4n) is 1.38. The molecule has 10 heteroatoms. The molecule has 0 bridgehead atoms. The Bertz CT molecular complexity index is 662. The Morgan fingerprint density at radius 3 is 2.57 bits per heavy atom. The largest absolute Gasteiger partial charge is 0.481 e. The monoisotopic (exact) mass is 335 g/mol. The van der Waals surface area contributed by atoms with E-state index in [2.05, 4.69) is 4.72 Å². The number of hydrogen-bond donors (Lipinski definition) is 3. The van der Waals surface area contributed by atoms with Gasteiger partial charge >= 0.3 is 16.2 Å². The van der Waals surface area contributed by atoms with Crippen molar-refractivity contribution < 1.29 is 23.1 Å². The predicted molar refractivity (Wildman–Crippen MR) is 77.4 cm³/mol. The zero-order chi connectivity index (χ0) is 16.2. The van der Waals surface area contributed by atoms with Crippen molar-refractivity contribution in [2.24, 2.45) is 5.73 Å². The summed E-state index contributed by atoms with van der Waals surface area (Å²) in [6.45, 7) is -0.194. The molecule has 1 aromatic carbocycles. The molecule has 0 unspecified atom stereocenters. The van der Waals surface area contributed by atoms with Crippen LogP contribution in [-0.2, 0) is 15.0 Å². The number of amides is 1. The summed E-state index contributed by atoms with van der Waals surface area (Å²) in [4.78, 5) is 21.6. The van der Waals surface area contributed by atoms with Crippen LogP contribution in [0, 0.1) is 0 Å². The lowest BCUT2D eigenvalue weighted by atomic mass is 10.2. The lowest BCUT2D eigenvalue weighted by molar-refractivity contribution is -0.137. The number of carbonyl (C=O) groups is 2. The van der Waals surface area contributed by atoms with E-state index in [0.717, 1.165) is 4.31 Å². The van der Waals surface area contributed by atoms with Gasteiger partial charge in [-0.25, -0.2) is 0 Å². The van der Waals surface area contributed by atoms with Gasteiger partial charge in [-0.15, -0.1) is 0 Å². The molecule has 0 spiro atoms. The van der Waals surface area contributed by atoms with Crippen molar-refractivity contribution in [3.63, 3.8) is 0 Å². The number of primary amides is 1. The lowest BCUT2D eigenvalue weighted by Gasteiger charge is -2.17. The van der Waals surface area contributed by atoms with Gasteiger partial charge in [-0.3, -0.25) is 14.3 Å². The quantitative estimate of drug-likeness (QED) is 0.668. The van der Waals surface area contributed by atoms with E-state index in [4.69, 9.17) is 22.4 Å². The number of carboxylic acids is 1. The van der Waals surface area contributed by atoms with E-state index < -0.39 is 22.1 Å². The number of nitrogens with two attached hydrogens (primary N) is 1. The Balaban J connectivity index is 2.91. The molecule has 0 aliphatic carbocycles. The second kappa shape index (κ2) is 6.74. The van der Waals surface area contributed by atoms with Crippen molar-refractivity contribution in [2.75, 3.05) is 18.3 Å². The molecule has 0 saturated heterocycles. The SMILES string of the molecule is CN(CCC(=O)O)S(=O)(=O)Nc1ccc(Cl)c(C(N)=O)c1. The first-order valence-electron chi connectivity index (χ1n) is 5.68. The molecule has 0 saturated carbocycles. The minimum Gasteiger partial charge on any atom is -0.481 e. The molecule has 4 N–H and O–H groups in total. The average molecular weight is 336 g/mol. The highest BCUT2D eigenvalue weighted by Gasteiger charge is 2.19. The van der Waals surface area contributed by atoms with Gasteiger partial charge in [0.2, 0.25) is 5.91 Å². The first-order chi connectivity index (χ1) is 9.63. The lowest BCUT2D eigenvalue weighted by Crippen LogP contribution is -2.34. The molecule has 0 radical (unpaired) electrons. The Morgan fingerprint density at radius 2 is 2.05 bits per heavy atom. The summed E-state index contributed by atoms with van der Waals surface area (Å²) < 4.78 is 27.0. The van der Waals surface area contributed by atoms with Gasteiger partial charge in [0.05, 0.1) is 22.7 Å². The highest BCUT2D eigenvalue weighted by atomic mass is 35.5. The maximum absolute atomic E-state index is 12.0. The topological polar surface area (TPSA) is 130 Å². The number of aliphatic carboxylic acids is 1. The van der Waals surface area contributed by atoms with Crippen LogP contribution in [0.4, 0.5) is 5.69 Å². The minimum atomic E-state index is -3.94. The predicted octanol–water partition coefficient (Wildman–Crippen LogP) is 0.502. The maximum Gasteiger partial charge on any atom is 0.304 e. The summed E-state index contributed by atoms with van der Waals surface area (Å²) in [5.74, 6) is -1.90. The van der Waals surface area contributed by atoms with Gasteiger partial charge in [0, 0.05) is 13.6 Å². The molecule has 1 rings (SSSR count). The smallest absolute Gasteiger partial charge is 0.304 e. The number of nitrogens with one attached hydrogen (secondary N) is 1. The highest BCUT2D eigenvalue weighted by molar-refractivity contribution is 7.90. The molecular weight excluding hydrogens is 322 g/mol. The Labute approximate surface area is 126 Å². The zero-order valence-electron chi connectivity index (χ0n) is 11.0. The summed E-state index contributed by atoms with van der Waals surface area (Å²) in [7, 11) is -2.71. The van der Waals surface area contributed by atoms with Crippen LogP contribution in [0.15, 0.2) is 18.2 Å². The summed E-state index contributed by atoms with van der Waals surface area (Å²) >= 11 is 5.76. The molecule has 21 heavy (non-hydrogen) atoms. The van der Waals surface area contributed by atoms with Crippen LogP contribution >= 0.6 is 11.6 Å². The van der Waals surface area contributed by atoms with Crippen LogP contribution in [0.5, 0.6) is 0 Å². The van der Waals surface area contributed by atoms with Crippen LogP contribution in [0.3, 0.4) is 0 Å². The van der Waals surface area contributed by atoms with Gasteiger partial charge in [-0.05, 0) is 18.2 Å². The fourth-order valence-corrected chi connectivity index (χ4v) is 2.50. The number of halogens is 1. The fraction of sp³-hybridized carbons (Fsp3) is 0.273. The molecule has 116 valence electrons. The average Bonchev–Trinajstić information content (AvgIpc) is 2.37. The molecule has 8 nitrogen and oxygen atoms in total. The minimum absolute atomic E-state index is 0.0231. The van der Waals surface area contributed by atoms with E-state index in [1.165, 1.54) is 25.2 Å². The Hall–Kier alpha value is -1.84. The van der Waals surface area contributed by atoms with Crippen LogP contribution < -0.4 is 10.5 Å². The normalized spacial score (nSPS) is 11.4. The number of carboxylic acid groups (broad SMARTS) is 1. The molecule has 1 aromatic rings. The Morgan fingerprint density at radius 1 is 1.43 bits per heavy atom. The van der Waals surface area contributed by atoms with Gasteiger partial charge in [0.15, 0.2) is 0 Å². The van der Waals surface area contributed by atoms with E-state index in [1.807, 2.05) is 0 Å². The van der Waals surface area contributed by atoms with E-state index in [0.29, 0.717) is 0 Å². The van der Waals surface area contributed by atoms with Crippen molar-refractivity contribution in [1.82, 2.24) is 4.31 Å². The number of benzene rings is 1. The number of nitrogens with zero attached hydrogens (tertiary/aromatic N) is 1. The molecular formula is C11H14ClN3O5S. The number of anilines is 1. The third-order valence-corrected chi connectivity index (χ3v) is 4.36. The summed E-state index contributed by atoms with van der Waals surface area (Å²) in [6.07, 6.45) is -0.329. The second-order valence-electron chi connectivity index (χ2n) is 4.13. The van der Waals surface area contributed by atoms with Gasteiger partial charge in [-0.1, -0.05) is 11.6 Å². The second-order valence-corrected chi connectivity index (χ2v) is 6.32.